The summed E-state index contributed by atoms with van der Waals surface area (Å²) in [5.41, 5.74) is 8.76. The summed E-state index contributed by atoms with van der Waals surface area (Å²) in [5.74, 6) is 0. The summed E-state index contributed by atoms with van der Waals surface area (Å²) in [4.78, 5) is 0. The van der Waals surface area contributed by atoms with E-state index in [2.05, 4.69) is 152 Å². The van der Waals surface area contributed by atoms with Gasteiger partial charge in [-0.1, -0.05) is 83.4 Å². The number of fused-ring (bicyclic) bond motifs is 3. The van der Waals surface area contributed by atoms with Crippen molar-refractivity contribution in [2.24, 2.45) is 0 Å². The first-order valence-corrected chi connectivity index (χ1v) is 17.8. The number of halogens is 4. The van der Waals surface area contributed by atoms with Crippen LogP contribution in [0.15, 0.2) is 97.1 Å². The number of hydrogen-bond donors (Lipinski definition) is 0. The van der Waals surface area contributed by atoms with E-state index in [-0.39, 0.29) is 35.6 Å². The van der Waals surface area contributed by atoms with Crippen LogP contribution in [0.25, 0.3) is 11.1 Å². The third-order valence-corrected chi connectivity index (χ3v) is 7.79. The molecule has 0 N–H and O–H groups in total. The van der Waals surface area contributed by atoms with Gasteiger partial charge in [0.15, 0.2) is 0 Å². The molecule has 0 fully saturated rings. The molecule has 4 aromatic carbocycles. The minimum absolute atomic E-state index is 0. The molecule has 6 rings (SSSR count). The second-order valence-corrected chi connectivity index (χ2v) is 14.3. The van der Waals surface area contributed by atoms with Gasteiger partial charge in [0.1, 0.15) is 0 Å². The number of rotatable bonds is 0. The van der Waals surface area contributed by atoms with Gasteiger partial charge in [-0.25, -0.2) is 12.2 Å². The summed E-state index contributed by atoms with van der Waals surface area (Å²) in [6.45, 7) is 13.6. The third kappa shape index (κ3) is 15.2. The van der Waals surface area contributed by atoms with Gasteiger partial charge in [0, 0.05) is 0 Å². The van der Waals surface area contributed by atoms with Crippen molar-refractivity contribution in [2.45, 2.75) is 65.2 Å². The van der Waals surface area contributed by atoms with Crippen molar-refractivity contribution in [3.63, 3.8) is 0 Å². The average Bonchev–Trinajstić information content (AvgIpc) is 3.66. The Hall–Kier alpha value is -0.847. The van der Waals surface area contributed by atoms with E-state index in [1.54, 1.807) is 0 Å². The summed E-state index contributed by atoms with van der Waals surface area (Å²) in [7, 11) is 0. The van der Waals surface area contributed by atoms with Gasteiger partial charge in [-0.2, -0.15) is 96.1 Å². The SMILES string of the molecule is CC(C)(C)c1c[c-]c2c(c1)-c1cc(C(C)(C)C)ccc1C2.Cl.Cl.Ic1c[c-]ccc1.Ic1c[c-]ccc1.[C-]1=CC=CC1.[CH2]=[Zr]. The Balaban J connectivity index is 0.000000658. The Morgan fingerprint density at radius 2 is 1.27 bits per heavy atom. The van der Waals surface area contributed by atoms with Crippen LogP contribution in [0.1, 0.15) is 70.2 Å². The molecule has 0 spiro atoms. The zero-order valence-electron chi connectivity index (χ0n) is 26.4. The molecule has 4 aromatic rings. The van der Waals surface area contributed by atoms with Gasteiger partial charge in [0.05, 0.1) is 0 Å². The molecule has 234 valence electrons. The molecular weight excluding hydrogens is 884 g/mol. The Bertz CT molecular complexity index is 1330. The maximum atomic E-state index is 3.53. The van der Waals surface area contributed by atoms with Gasteiger partial charge in [0.2, 0.25) is 0 Å². The number of allylic oxidation sites excluding steroid dienone is 4. The fourth-order valence-corrected chi connectivity index (χ4v) is 4.84. The van der Waals surface area contributed by atoms with Crippen LogP contribution in [0.4, 0.5) is 0 Å². The quantitative estimate of drug-likeness (QED) is 0.107. The Morgan fingerprint density at radius 3 is 1.64 bits per heavy atom. The Labute approximate surface area is 322 Å². The van der Waals surface area contributed by atoms with Gasteiger partial charge >= 0.3 is 28.4 Å². The number of benzene rings is 4. The zero-order valence-corrected chi connectivity index (χ0v) is 34.8. The van der Waals surface area contributed by atoms with E-state index in [1.165, 1.54) is 64.8 Å². The molecular formula is C39H42Cl2I2Zr-4. The van der Waals surface area contributed by atoms with E-state index >= 15 is 0 Å². The molecule has 0 unspecified atom stereocenters. The van der Waals surface area contributed by atoms with Gasteiger partial charge in [-0.15, -0.1) is 82.0 Å². The van der Waals surface area contributed by atoms with Crippen molar-refractivity contribution >= 4 is 74.2 Å². The Morgan fingerprint density at radius 1 is 0.727 bits per heavy atom. The first-order valence-electron chi connectivity index (χ1n) is 13.9. The topological polar surface area (TPSA) is 0 Å². The predicted molar refractivity (Wildman–Crippen MR) is 210 cm³/mol. The van der Waals surface area contributed by atoms with Crippen LogP contribution in [0, 0.1) is 31.4 Å². The molecule has 0 heterocycles. The predicted octanol–water partition coefficient (Wildman–Crippen LogP) is 12.0. The van der Waals surface area contributed by atoms with Crippen LogP contribution in [-0.4, -0.2) is 4.21 Å². The monoisotopic (exact) mass is 924 g/mol. The molecule has 2 aliphatic rings. The molecule has 0 radical (unpaired) electrons. The second-order valence-electron chi connectivity index (χ2n) is 11.8. The fourth-order valence-electron chi connectivity index (χ4n) is 4.07. The van der Waals surface area contributed by atoms with E-state index in [0.29, 0.717) is 0 Å². The standard InChI is InChI=1S/C21H25.2C6H4I.C5H5.CH2.2ClH.Zr/c1-20(2,3)16-9-7-14-11-15-8-10-17(21(4,5)6)13-19(15)18(14)12-16;2*7-6-4-2-1-3-5-6;1-2-4-5-3-1;;;;/h7,9-10,12-13H,11H2,1-6H3;2*1-2,4-5H;1-3H,4H2;1H2;2*1H;/q4*-1;;;;. The van der Waals surface area contributed by atoms with E-state index in [9.17, 15) is 0 Å². The minimum atomic E-state index is 0. The molecule has 0 aromatic heterocycles. The molecule has 0 atom stereocenters. The molecule has 2 aliphatic carbocycles. The van der Waals surface area contributed by atoms with E-state index in [4.69, 9.17) is 0 Å². The van der Waals surface area contributed by atoms with E-state index < -0.39 is 0 Å². The summed E-state index contributed by atoms with van der Waals surface area (Å²) in [6.07, 6.45) is 11.0. The van der Waals surface area contributed by atoms with Crippen molar-refractivity contribution < 1.29 is 24.2 Å². The van der Waals surface area contributed by atoms with Crippen molar-refractivity contribution in [3.8, 4) is 11.1 Å². The molecule has 0 nitrogen and oxygen atoms in total. The summed E-state index contributed by atoms with van der Waals surface area (Å²) < 4.78 is 5.81. The van der Waals surface area contributed by atoms with E-state index in [0.717, 1.165) is 12.8 Å². The molecule has 0 bridgehead atoms. The second kappa shape index (κ2) is 21.9. The van der Waals surface area contributed by atoms with Crippen LogP contribution in [0.2, 0.25) is 0 Å². The molecule has 0 aliphatic heterocycles. The normalized spacial score (nSPS) is 11.5. The van der Waals surface area contributed by atoms with Gasteiger partial charge < -0.3 is 0 Å². The Kier molecular flexibility index (Phi) is 21.4. The first kappa shape index (κ1) is 43.2. The molecule has 44 heavy (non-hydrogen) atoms. The van der Waals surface area contributed by atoms with Crippen LogP contribution in [-0.2, 0) is 41.5 Å². The molecule has 0 saturated heterocycles. The van der Waals surface area contributed by atoms with Crippen molar-refractivity contribution in [1.82, 2.24) is 0 Å². The van der Waals surface area contributed by atoms with Gasteiger partial charge in [0.25, 0.3) is 0 Å². The summed E-state index contributed by atoms with van der Waals surface area (Å²) >= 11 is 5.80. The summed E-state index contributed by atoms with van der Waals surface area (Å²) in [6, 6.07) is 36.7. The van der Waals surface area contributed by atoms with Crippen molar-refractivity contribution in [3.05, 3.63) is 151 Å². The molecule has 0 amide bonds. The third-order valence-electron chi connectivity index (χ3n) is 6.45. The average molecular weight is 927 g/mol. The molecule has 0 saturated carbocycles. The van der Waals surface area contributed by atoms with Crippen molar-refractivity contribution in [2.75, 3.05) is 0 Å². The maximum absolute atomic E-state index is 3.53. The fraction of sp³-hybridized carbons (Fsp3) is 0.256. The van der Waals surface area contributed by atoms with Crippen LogP contribution in [0.5, 0.6) is 0 Å². The summed E-state index contributed by atoms with van der Waals surface area (Å²) in [5, 5.41) is 0. The van der Waals surface area contributed by atoms with Gasteiger partial charge in [-0.3, -0.25) is 6.08 Å². The number of hydrogen-bond acceptors (Lipinski definition) is 0. The van der Waals surface area contributed by atoms with Crippen LogP contribution in [0.3, 0.4) is 0 Å². The zero-order chi connectivity index (χ0) is 31.2. The van der Waals surface area contributed by atoms with Crippen LogP contribution >= 0.6 is 70.0 Å². The van der Waals surface area contributed by atoms with Crippen molar-refractivity contribution in [1.29, 1.82) is 0 Å². The van der Waals surface area contributed by atoms with Gasteiger partial charge in [-0.05, 0) is 17.4 Å². The first-order chi connectivity index (χ1) is 19.9. The van der Waals surface area contributed by atoms with Crippen LogP contribution < -0.4 is 0 Å². The van der Waals surface area contributed by atoms with E-state index in [1.807, 2.05) is 60.7 Å². The molecule has 5 heteroatoms.